The van der Waals surface area contributed by atoms with E-state index < -0.39 is 6.09 Å². The van der Waals surface area contributed by atoms with E-state index in [1.54, 1.807) is 4.90 Å². The van der Waals surface area contributed by atoms with Gasteiger partial charge in [-0.15, -0.1) is 0 Å². The molecule has 0 radical (unpaired) electrons. The van der Waals surface area contributed by atoms with Gasteiger partial charge in [-0.05, 0) is 61.6 Å². The zero-order chi connectivity index (χ0) is 20.8. The zero-order valence-corrected chi connectivity index (χ0v) is 17.6. The number of halogens is 1. The molecule has 0 saturated carbocycles. The number of benzene rings is 1. The van der Waals surface area contributed by atoms with E-state index >= 15 is 0 Å². The first kappa shape index (κ1) is 19.4. The maximum Gasteiger partial charge on any atom is 0.407 e. The first-order valence-corrected chi connectivity index (χ1v) is 11.0. The van der Waals surface area contributed by atoms with Gasteiger partial charge in [0.15, 0.2) is 0 Å². The topological polar surface area (TPSA) is 95.6 Å². The number of carbonyl (C=O) groups is 1. The highest BCUT2D eigenvalue weighted by molar-refractivity contribution is 6.30. The molecule has 3 N–H and O–H groups in total. The van der Waals surface area contributed by atoms with Crippen LogP contribution in [0.5, 0.6) is 0 Å². The highest BCUT2D eigenvalue weighted by atomic mass is 35.5. The lowest BCUT2D eigenvalue weighted by Crippen LogP contribution is -2.47. The lowest BCUT2D eigenvalue weighted by Gasteiger charge is -2.34. The summed E-state index contributed by atoms with van der Waals surface area (Å²) < 4.78 is 0. The molecule has 5 rings (SSSR count). The van der Waals surface area contributed by atoms with Gasteiger partial charge in [0.05, 0.1) is 11.7 Å². The lowest BCUT2D eigenvalue weighted by molar-refractivity contribution is 0.0965. The van der Waals surface area contributed by atoms with E-state index in [0.29, 0.717) is 30.9 Å². The Morgan fingerprint density at radius 1 is 1.23 bits per heavy atom. The number of hydrogen-bond donors (Lipinski definition) is 2. The third-order valence-corrected chi connectivity index (χ3v) is 7.15. The summed E-state index contributed by atoms with van der Waals surface area (Å²) in [7, 11) is 0. The van der Waals surface area contributed by atoms with Gasteiger partial charge in [0.25, 0.3) is 0 Å². The predicted molar refractivity (Wildman–Crippen MR) is 116 cm³/mol. The van der Waals surface area contributed by atoms with E-state index in [2.05, 4.69) is 20.9 Å². The van der Waals surface area contributed by atoms with Crippen molar-refractivity contribution in [3.05, 3.63) is 46.1 Å². The first-order chi connectivity index (χ1) is 14.5. The summed E-state index contributed by atoms with van der Waals surface area (Å²) in [4.78, 5) is 24.7. The van der Waals surface area contributed by atoms with E-state index in [4.69, 9.17) is 17.3 Å². The Balaban J connectivity index is 1.43. The summed E-state index contributed by atoms with van der Waals surface area (Å²) in [5, 5.41) is 10.3. The van der Waals surface area contributed by atoms with E-state index in [0.717, 1.165) is 55.2 Å². The van der Waals surface area contributed by atoms with Crippen molar-refractivity contribution in [3.63, 3.8) is 0 Å². The Labute approximate surface area is 180 Å². The zero-order valence-electron chi connectivity index (χ0n) is 16.8. The normalized spacial score (nSPS) is 25.7. The van der Waals surface area contributed by atoms with Crippen molar-refractivity contribution >= 4 is 29.5 Å². The van der Waals surface area contributed by atoms with Crippen LogP contribution in [-0.2, 0) is 12.8 Å². The number of nitrogens with zero attached hydrogens (tertiary/aromatic N) is 4. The molecule has 1 amide bonds. The molecular weight excluding hydrogens is 402 g/mol. The van der Waals surface area contributed by atoms with Crippen LogP contribution in [-0.4, -0.2) is 51.7 Å². The number of fused-ring (bicyclic) bond motifs is 2. The van der Waals surface area contributed by atoms with Crippen molar-refractivity contribution in [3.8, 4) is 0 Å². The summed E-state index contributed by atoms with van der Waals surface area (Å²) in [6.07, 6.45) is 3.88. The minimum Gasteiger partial charge on any atom is -0.465 e. The summed E-state index contributed by atoms with van der Waals surface area (Å²) in [5.74, 6) is 1.91. The Morgan fingerprint density at radius 2 is 2.10 bits per heavy atom. The average molecular weight is 428 g/mol. The molecule has 8 heteroatoms. The van der Waals surface area contributed by atoms with E-state index in [1.165, 1.54) is 11.1 Å². The molecule has 2 saturated heterocycles. The molecule has 30 heavy (non-hydrogen) atoms. The quantitative estimate of drug-likeness (QED) is 0.760. The maximum absolute atomic E-state index is 11.7. The van der Waals surface area contributed by atoms with Gasteiger partial charge in [-0.1, -0.05) is 23.7 Å². The van der Waals surface area contributed by atoms with Gasteiger partial charge in [-0.2, -0.15) is 4.98 Å². The van der Waals surface area contributed by atoms with Gasteiger partial charge in [-0.25, -0.2) is 9.78 Å². The Bertz CT molecular complexity index is 984. The third-order valence-electron chi connectivity index (χ3n) is 6.92. The number of amides is 1. The molecule has 158 valence electrons. The van der Waals surface area contributed by atoms with E-state index in [1.807, 2.05) is 18.2 Å². The van der Waals surface area contributed by atoms with Gasteiger partial charge in [0, 0.05) is 30.2 Å². The number of hydrogen-bond acceptors (Lipinski definition) is 5. The Hall–Kier alpha value is -2.54. The molecule has 1 aliphatic carbocycles. The smallest absolute Gasteiger partial charge is 0.407 e. The molecule has 3 unspecified atom stereocenters. The largest absolute Gasteiger partial charge is 0.465 e. The van der Waals surface area contributed by atoms with Crippen molar-refractivity contribution in [2.45, 2.75) is 44.1 Å². The molecule has 1 aromatic carbocycles. The first-order valence-electron chi connectivity index (χ1n) is 10.6. The Kier molecular flexibility index (Phi) is 4.93. The van der Waals surface area contributed by atoms with Crippen LogP contribution in [0.2, 0.25) is 5.02 Å². The molecule has 2 aliphatic heterocycles. The molecule has 0 spiro atoms. The van der Waals surface area contributed by atoms with Crippen LogP contribution in [0.1, 0.15) is 42.0 Å². The summed E-state index contributed by atoms with van der Waals surface area (Å²) >= 11 is 6.20. The van der Waals surface area contributed by atoms with Crippen LogP contribution in [0.4, 0.5) is 16.6 Å². The van der Waals surface area contributed by atoms with Gasteiger partial charge in [0.2, 0.25) is 5.95 Å². The number of aromatic nitrogens is 2. The summed E-state index contributed by atoms with van der Waals surface area (Å²) in [6.45, 7) is 2.13. The molecule has 0 bridgehead atoms. The maximum atomic E-state index is 11.7. The number of nitrogens with two attached hydrogens (primary N) is 1. The molecule has 3 heterocycles. The second kappa shape index (κ2) is 7.61. The minimum absolute atomic E-state index is 0.0332. The predicted octanol–water partition coefficient (Wildman–Crippen LogP) is 3.56. The van der Waals surface area contributed by atoms with Gasteiger partial charge < -0.3 is 20.6 Å². The van der Waals surface area contributed by atoms with E-state index in [9.17, 15) is 9.90 Å². The molecule has 7 nitrogen and oxygen atoms in total. The van der Waals surface area contributed by atoms with Crippen LogP contribution in [0.3, 0.4) is 0 Å². The van der Waals surface area contributed by atoms with Crippen molar-refractivity contribution in [1.82, 2.24) is 14.9 Å². The fraction of sp³-hybridized carbons (Fsp3) is 0.500. The van der Waals surface area contributed by atoms with Crippen LogP contribution >= 0.6 is 11.6 Å². The van der Waals surface area contributed by atoms with Crippen molar-refractivity contribution in [2.75, 3.05) is 30.3 Å². The molecular formula is C22H26ClN5O2. The summed E-state index contributed by atoms with van der Waals surface area (Å²) in [5.41, 5.74) is 9.52. The monoisotopic (exact) mass is 427 g/mol. The molecule has 1 aromatic heterocycles. The number of nitrogen functional groups attached to an aromatic ring is 1. The number of carboxylic acid groups (broad SMARTS) is 1. The van der Waals surface area contributed by atoms with E-state index in [-0.39, 0.29) is 6.04 Å². The second-order valence-electron chi connectivity index (χ2n) is 8.68. The number of anilines is 2. The molecule has 3 aliphatic rings. The average Bonchev–Trinajstić information content (AvgIpc) is 3.16. The van der Waals surface area contributed by atoms with Gasteiger partial charge in [-0.3, -0.25) is 0 Å². The van der Waals surface area contributed by atoms with Crippen molar-refractivity contribution in [2.24, 2.45) is 5.92 Å². The SMILES string of the molecule is Nc1nc2c(c(N3CC4CCCN(C(=O)O)C4C3)n1)CCC(c1cccc(Cl)c1)C2. The highest BCUT2D eigenvalue weighted by Gasteiger charge is 2.42. The second-order valence-corrected chi connectivity index (χ2v) is 9.11. The fourth-order valence-electron chi connectivity index (χ4n) is 5.51. The van der Waals surface area contributed by atoms with Gasteiger partial charge in [0.1, 0.15) is 5.82 Å². The third kappa shape index (κ3) is 3.45. The fourth-order valence-corrected chi connectivity index (χ4v) is 5.71. The van der Waals surface area contributed by atoms with Crippen molar-refractivity contribution < 1.29 is 9.90 Å². The summed E-state index contributed by atoms with van der Waals surface area (Å²) in [6, 6.07) is 8.08. The minimum atomic E-state index is -0.819. The van der Waals surface area contributed by atoms with Crippen LogP contribution in [0.15, 0.2) is 24.3 Å². The van der Waals surface area contributed by atoms with Crippen molar-refractivity contribution in [1.29, 1.82) is 0 Å². The Morgan fingerprint density at radius 3 is 2.90 bits per heavy atom. The van der Waals surface area contributed by atoms with Gasteiger partial charge >= 0.3 is 6.09 Å². The van der Waals surface area contributed by atoms with Crippen LogP contribution in [0.25, 0.3) is 0 Å². The standard InChI is InChI=1S/C22H26ClN5O2/c23-16-5-1-3-13(9-16)14-6-7-17-18(10-14)25-21(24)26-20(17)27-11-15-4-2-8-28(22(29)30)19(15)12-27/h1,3,5,9,14-15,19H,2,4,6-8,10-12H2,(H,29,30)(H2,24,25,26). The molecule has 2 aromatic rings. The van der Waals surface area contributed by atoms with Crippen LogP contribution in [0, 0.1) is 5.92 Å². The molecule has 2 fully saturated rings. The highest BCUT2D eigenvalue weighted by Crippen LogP contribution is 2.39. The molecule has 3 atom stereocenters. The number of piperidine rings is 1. The van der Waals surface area contributed by atoms with Crippen LogP contribution < -0.4 is 10.6 Å². The number of likely N-dealkylation sites (tertiary alicyclic amines) is 1. The number of rotatable bonds is 2. The lowest BCUT2D eigenvalue weighted by atomic mass is 9.82.